The molecule has 1 saturated carbocycles. The molecule has 0 N–H and O–H groups in total. The SMILES string of the molecule is Cc1cccc(N2C(=NC(=O)CCC3CCCC3)S[C@H]3CS(=O)(=O)C[C@@H]32)c1C. The van der Waals surface area contributed by atoms with Crippen LogP contribution in [0.1, 0.15) is 49.7 Å². The van der Waals surface area contributed by atoms with Gasteiger partial charge in [-0.15, -0.1) is 0 Å². The predicted octanol–water partition coefficient (Wildman–Crippen LogP) is 3.88. The Balaban J connectivity index is 1.60. The Kier molecular flexibility index (Phi) is 5.58. The van der Waals surface area contributed by atoms with Gasteiger partial charge in [-0.3, -0.25) is 4.79 Å². The minimum Gasteiger partial charge on any atom is -0.315 e. The first-order valence-corrected chi connectivity index (χ1v) is 12.9. The molecule has 0 spiro atoms. The van der Waals surface area contributed by atoms with Gasteiger partial charge in [0.25, 0.3) is 0 Å². The highest BCUT2D eigenvalue weighted by atomic mass is 32.2. The molecule has 0 unspecified atom stereocenters. The van der Waals surface area contributed by atoms with Crippen molar-refractivity contribution >= 4 is 38.4 Å². The molecule has 152 valence electrons. The van der Waals surface area contributed by atoms with Gasteiger partial charge in [-0.25, -0.2) is 8.42 Å². The molecular formula is C21H28N2O3S2. The molecule has 2 saturated heterocycles. The lowest BCUT2D eigenvalue weighted by molar-refractivity contribution is -0.118. The summed E-state index contributed by atoms with van der Waals surface area (Å²) in [5.41, 5.74) is 3.23. The average Bonchev–Trinajstić information content (AvgIpc) is 3.31. The highest BCUT2D eigenvalue weighted by Crippen LogP contribution is 2.42. The minimum atomic E-state index is -3.05. The van der Waals surface area contributed by atoms with Crippen LogP contribution < -0.4 is 4.90 Å². The van der Waals surface area contributed by atoms with Crippen molar-refractivity contribution in [3.8, 4) is 0 Å². The lowest BCUT2D eigenvalue weighted by Gasteiger charge is -2.27. The van der Waals surface area contributed by atoms with E-state index in [9.17, 15) is 13.2 Å². The van der Waals surface area contributed by atoms with Crippen LogP contribution in [0.5, 0.6) is 0 Å². The fraction of sp³-hybridized carbons (Fsp3) is 0.619. The van der Waals surface area contributed by atoms with E-state index in [2.05, 4.69) is 18.0 Å². The number of rotatable bonds is 4. The van der Waals surface area contributed by atoms with Crippen LogP contribution in [-0.2, 0) is 14.6 Å². The standard InChI is InChI=1S/C21H28N2O3S2/c1-14-6-5-9-17(15(14)2)23-18-12-28(25,26)13-19(18)27-21(23)22-20(24)11-10-16-7-3-4-8-16/h5-6,9,16,18-19H,3-4,7-8,10-13H2,1-2H3/t18-,19-/m0/s1. The Morgan fingerprint density at radius 3 is 2.71 bits per heavy atom. The van der Waals surface area contributed by atoms with Crippen LogP contribution >= 0.6 is 11.8 Å². The van der Waals surface area contributed by atoms with Gasteiger partial charge in [0, 0.05) is 17.4 Å². The third-order valence-corrected chi connectivity index (χ3v) is 9.57. The molecule has 1 aromatic rings. The zero-order valence-corrected chi connectivity index (χ0v) is 18.2. The van der Waals surface area contributed by atoms with E-state index in [4.69, 9.17) is 0 Å². The summed E-state index contributed by atoms with van der Waals surface area (Å²) in [5.74, 6) is 0.888. The maximum Gasteiger partial charge on any atom is 0.248 e. The van der Waals surface area contributed by atoms with E-state index >= 15 is 0 Å². The molecule has 5 nitrogen and oxygen atoms in total. The highest BCUT2D eigenvalue weighted by molar-refractivity contribution is 8.16. The van der Waals surface area contributed by atoms with Gasteiger partial charge < -0.3 is 4.90 Å². The number of hydrogen-bond acceptors (Lipinski definition) is 4. The summed E-state index contributed by atoms with van der Waals surface area (Å²) in [6.07, 6.45) is 6.43. The third kappa shape index (κ3) is 4.01. The molecule has 1 amide bonds. The molecule has 3 fully saturated rings. The summed E-state index contributed by atoms with van der Waals surface area (Å²) in [4.78, 5) is 19.1. The number of carbonyl (C=O) groups excluding carboxylic acids is 1. The number of benzene rings is 1. The van der Waals surface area contributed by atoms with Crippen LogP contribution in [-0.4, -0.2) is 42.3 Å². The Bertz CT molecular complexity index is 904. The van der Waals surface area contributed by atoms with Crippen LogP contribution in [0, 0.1) is 19.8 Å². The molecular weight excluding hydrogens is 392 g/mol. The lowest BCUT2D eigenvalue weighted by Crippen LogP contribution is -2.38. The summed E-state index contributed by atoms with van der Waals surface area (Å²) < 4.78 is 24.4. The van der Waals surface area contributed by atoms with Gasteiger partial charge in [-0.2, -0.15) is 4.99 Å². The highest BCUT2D eigenvalue weighted by Gasteiger charge is 2.49. The van der Waals surface area contributed by atoms with E-state index in [0.717, 1.165) is 23.2 Å². The number of amides is 1. The van der Waals surface area contributed by atoms with Crippen LogP contribution in [0.4, 0.5) is 5.69 Å². The van der Waals surface area contributed by atoms with Crippen molar-refractivity contribution < 1.29 is 13.2 Å². The summed E-state index contributed by atoms with van der Waals surface area (Å²) in [6.45, 7) is 4.10. The smallest absolute Gasteiger partial charge is 0.248 e. The van der Waals surface area contributed by atoms with E-state index in [0.29, 0.717) is 17.5 Å². The zero-order chi connectivity index (χ0) is 19.9. The van der Waals surface area contributed by atoms with Crippen molar-refractivity contribution in [2.75, 3.05) is 16.4 Å². The normalized spacial score (nSPS) is 28.2. The maximum atomic E-state index is 12.6. The minimum absolute atomic E-state index is 0.0497. The second-order valence-corrected chi connectivity index (χ2v) is 11.7. The van der Waals surface area contributed by atoms with Gasteiger partial charge in [-0.05, 0) is 43.4 Å². The summed E-state index contributed by atoms with van der Waals surface area (Å²) in [7, 11) is -3.05. The monoisotopic (exact) mass is 420 g/mol. The maximum absolute atomic E-state index is 12.6. The molecule has 1 aliphatic carbocycles. The topological polar surface area (TPSA) is 66.8 Å². The van der Waals surface area contributed by atoms with Gasteiger partial charge >= 0.3 is 0 Å². The number of amidine groups is 1. The molecule has 0 bridgehead atoms. The molecule has 1 aromatic carbocycles. The molecule has 2 atom stereocenters. The van der Waals surface area contributed by atoms with Crippen molar-refractivity contribution in [1.82, 2.24) is 0 Å². The Morgan fingerprint density at radius 2 is 1.96 bits per heavy atom. The molecule has 0 radical (unpaired) electrons. The molecule has 0 aromatic heterocycles. The molecule has 3 aliphatic rings. The molecule has 2 heterocycles. The quantitative estimate of drug-likeness (QED) is 0.740. The number of nitrogens with zero attached hydrogens (tertiary/aromatic N) is 2. The largest absolute Gasteiger partial charge is 0.315 e. The second-order valence-electron chi connectivity index (χ2n) is 8.37. The van der Waals surface area contributed by atoms with E-state index in [1.54, 1.807) is 0 Å². The van der Waals surface area contributed by atoms with E-state index < -0.39 is 9.84 Å². The number of aryl methyl sites for hydroxylation is 1. The summed E-state index contributed by atoms with van der Waals surface area (Å²) >= 11 is 1.46. The Hall–Kier alpha value is -1.34. The first-order valence-electron chi connectivity index (χ1n) is 10.2. The number of anilines is 1. The molecule has 4 rings (SSSR count). The first kappa shape index (κ1) is 20.0. The number of hydrogen-bond donors (Lipinski definition) is 0. The molecule has 7 heteroatoms. The number of thioether (sulfide) groups is 1. The lowest BCUT2D eigenvalue weighted by atomic mass is 10.0. The van der Waals surface area contributed by atoms with Gasteiger partial charge in [0.2, 0.25) is 5.91 Å². The Morgan fingerprint density at radius 1 is 1.21 bits per heavy atom. The summed E-state index contributed by atoms with van der Waals surface area (Å²) in [5, 5.41) is 0.626. The van der Waals surface area contributed by atoms with Gasteiger partial charge in [-0.1, -0.05) is 49.6 Å². The van der Waals surface area contributed by atoms with Crippen molar-refractivity contribution in [2.45, 2.75) is 63.7 Å². The van der Waals surface area contributed by atoms with Crippen molar-refractivity contribution in [2.24, 2.45) is 10.9 Å². The van der Waals surface area contributed by atoms with Crippen LogP contribution in [0.3, 0.4) is 0 Å². The second kappa shape index (κ2) is 7.82. The molecule has 28 heavy (non-hydrogen) atoms. The number of aliphatic imine (C=N–C) groups is 1. The van der Waals surface area contributed by atoms with Gasteiger partial charge in [0.15, 0.2) is 15.0 Å². The van der Waals surface area contributed by atoms with Crippen LogP contribution in [0.15, 0.2) is 23.2 Å². The number of sulfone groups is 1. The first-order chi connectivity index (χ1) is 13.3. The fourth-order valence-electron chi connectivity index (χ4n) is 4.63. The van der Waals surface area contributed by atoms with E-state index in [-0.39, 0.29) is 28.7 Å². The van der Waals surface area contributed by atoms with Crippen LogP contribution in [0.2, 0.25) is 0 Å². The molecule has 2 aliphatic heterocycles. The predicted molar refractivity (Wildman–Crippen MR) is 116 cm³/mol. The summed E-state index contributed by atoms with van der Waals surface area (Å²) in [6, 6.07) is 5.90. The van der Waals surface area contributed by atoms with Gasteiger partial charge in [0.05, 0.1) is 17.5 Å². The van der Waals surface area contributed by atoms with Crippen LogP contribution in [0.25, 0.3) is 0 Å². The number of carbonyl (C=O) groups is 1. The van der Waals surface area contributed by atoms with Crippen molar-refractivity contribution in [1.29, 1.82) is 0 Å². The average molecular weight is 421 g/mol. The zero-order valence-electron chi connectivity index (χ0n) is 16.6. The Labute approximate surface area is 171 Å². The van der Waals surface area contributed by atoms with E-state index in [1.165, 1.54) is 37.4 Å². The van der Waals surface area contributed by atoms with E-state index in [1.807, 2.05) is 24.0 Å². The number of fused-ring (bicyclic) bond motifs is 1. The van der Waals surface area contributed by atoms with Crippen molar-refractivity contribution in [3.05, 3.63) is 29.3 Å². The van der Waals surface area contributed by atoms with Crippen molar-refractivity contribution in [3.63, 3.8) is 0 Å². The van der Waals surface area contributed by atoms with Gasteiger partial charge in [0.1, 0.15) is 0 Å². The third-order valence-electron chi connectivity index (χ3n) is 6.36. The fourth-order valence-corrected chi connectivity index (χ4v) is 8.56.